The maximum atomic E-state index is 13.6. The van der Waals surface area contributed by atoms with Gasteiger partial charge in [0.1, 0.15) is 19.8 Å². The Labute approximate surface area is 210 Å². The van der Waals surface area contributed by atoms with E-state index in [1.807, 2.05) is 50.4 Å². The van der Waals surface area contributed by atoms with Gasteiger partial charge in [0.15, 0.2) is 11.5 Å². The van der Waals surface area contributed by atoms with Crippen molar-refractivity contribution in [2.24, 2.45) is 0 Å². The molecule has 1 atom stereocenters. The molecular weight excluding hydrogens is 484 g/mol. The predicted molar refractivity (Wildman–Crippen MR) is 138 cm³/mol. The van der Waals surface area contributed by atoms with Gasteiger partial charge in [0, 0.05) is 4.90 Å². The van der Waals surface area contributed by atoms with Gasteiger partial charge in [0.05, 0.1) is 16.6 Å². The smallest absolute Gasteiger partial charge is 0.264 e. The summed E-state index contributed by atoms with van der Waals surface area (Å²) in [6.45, 7) is 4.38. The molecule has 0 aliphatic carbocycles. The van der Waals surface area contributed by atoms with Gasteiger partial charge in [-0.1, -0.05) is 23.8 Å². The molecule has 35 heavy (non-hydrogen) atoms. The summed E-state index contributed by atoms with van der Waals surface area (Å²) in [6.07, 6.45) is 1.93. The second-order valence-corrected chi connectivity index (χ2v) is 11.0. The molecule has 0 radical (unpaired) electrons. The monoisotopic (exact) mass is 512 g/mol. The van der Waals surface area contributed by atoms with Gasteiger partial charge in [0.2, 0.25) is 5.91 Å². The van der Waals surface area contributed by atoms with Gasteiger partial charge in [-0.25, -0.2) is 8.42 Å². The molecule has 4 rings (SSSR count). The molecule has 0 saturated heterocycles. The number of carbonyl (C=O) groups excluding carboxylic acids is 1. The number of nitrogens with zero attached hydrogens (tertiary/aromatic N) is 1. The van der Waals surface area contributed by atoms with E-state index in [1.54, 1.807) is 36.4 Å². The highest BCUT2D eigenvalue weighted by atomic mass is 32.2. The number of sulfonamides is 1. The average Bonchev–Trinajstić information content (AvgIpc) is 2.87. The standard InChI is InChI=1S/C26H28N2O5S2/c1-18-4-7-21(8-5-18)28(35(30,31)23-11-9-22(34-3)10-12-23)17-26(29)27-19(2)20-6-13-24-25(16-20)33-15-14-32-24/h4-13,16,19H,14-15,17H2,1-3H3,(H,27,29)/t19-/m1/s1. The van der Waals surface area contributed by atoms with Crippen LogP contribution in [-0.2, 0) is 14.8 Å². The number of ether oxygens (including phenoxy) is 2. The fraction of sp³-hybridized carbons (Fsp3) is 0.269. The van der Waals surface area contributed by atoms with Crippen molar-refractivity contribution in [2.45, 2.75) is 29.7 Å². The van der Waals surface area contributed by atoms with Gasteiger partial charge in [0.25, 0.3) is 10.0 Å². The molecule has 0 saturated carbocycles. The summed E-state index contributed by atoms with van der Waals surface area (Å²) in [6, 6.07) is 18.9. The van der Waals surface area contributed by atoms with Gasteiger partial charge in [-0.15, -0.1) is 11.8 Å². The minimum atomic E-state index is -3.97. The van der Waals surface area contributed by atoms with E-state index in [0.29, 0.717) is 30.4 Å². The number of amides is 1. The summed E-state index contributed by atoms with van der Waals surface area (Å²) < 4.78 is 39.5. The first-order valence-corrected chi connectivity index (χ1v) is 13.9. The van der Waals surface area contributed by atoms with Gasteiger partial charge in [-0.3, -0.25) is 9.10 Å². The Morgan fingerprint density at radius 2 is 1.66 bits per heavy atom. The largest absolute Gasteiger partial charge is 0.486 e. The van der Waals surface area contributed by atoms with Crippen molar-refractivity contribution >= 4 is 33.4 Å². The maximum Gasteiger partial charge on any atom is 0.264 e. The van der Waals surface area contributed by atoms with E-state index < -0.39 is 15.9 Å². The molecule has 0 spiro atoms. The Bertz CT molecular complexity index is 1290. The topological polar surface area (TPSA) is 84.9 Å². The molecule has 9 heteroatoms. The lowest BCUT2D eigenvalue weighted by Gasteiger charge is -2.26. The molecule has 0 fully saturated rings. The van der Waals surface area contributed by atoms with Crippen molar-refractivity contribution in [3.63, 3.8) is 0 Å². The number of aryl methyl sites for hydroxylation is 1. The molecule has 3 aromatic rings. The number of hydrogen-bond donors (Lipinski definition) is 1. The molecule has 7 nitrogen and oxygen atoms in total. The Balaban J connectivity index is 1.56. The molecule has 184 valence electrons. The SMILES string of the molecule is CSc1ccc(S(=O)(=O)N(CC(=O)N[C@H](C)c2ccc3c(c2)OCCO3)c2ccc(C)cc2)cc1. The number of anilines is 1. The number of benzene rings is 3. The molecule has 3 aromatic carbocycles. The molecule has 1 aliphatic rings. The first-order chi connectivity index (χ1) is 16.8. The Morgan fingerprint density at radius 3 is 2.31 bits per heavy atom. The second kappa shape index (κ2) is 10.6. The molecule has 0 aromatic heterocycles. The fourth-order valence-electron chi connectivity index (χ4n) is 3.73. The van der Waals surface area contributed by atoms with Gasteiger partial charge in [-0.2, -0.15) is 0 Å². The van der Waals surface area contributed by atoms with Crippen molar-refractivity contribution < 1.29 is 22.7 Å². The van der Waals surface area contributed by atoms with Crippen LogP contribution in [-0.4, -0.2) is 40.3 Å². The van der Waals surface area contributed by atoms with Gasteiger partial charge < -0.3 is 14.8 Å². The van der Waals surface area contributed by atoms with E-state index in [0.717, 1.165) is 20.3 Å². The van der Waals surface area contributed by atoms with Crippen molar-refractivity contribution in [2.75, 3.05) is 30.3 Å². The first kappa shape index (κ1) is 24.9. The highest BCUT2D eigenvalue weighted by Gasteiger charge is 2.28. The number of rotatable bonds is 8. The van der Waals surface area contributed by atoms with Crippen LogP contribution in [0.2, 0.25) is 0 Å². The van der Waals surface area contributed by atoms with Crippen LogP contribution in [0.4, 0.5) is 5.69 Å². The van der Waals surface area contributed by atoms with Crippen LogP contribution in [0, 0.1) is 6.92 Å². The van der Waals surface area contributed by atoms with Crippen LogP contribution in [0.3, 0.4) is 0 Å². The van der Waals surface area contributed by atoms with Crippen LogP contribution in [0.5, 0.6) is 11.5 Å². The van der Waals surface area contributed by atoms with E-state index in [1.165, 1.54) is 11.8 Å². The second-order valence-electron chi connectivity index (χ2n) is 8.22. The summed E-state index contributed by atoms with van der Waals surface area (Å²) in [4.78, 5) is 14.2. The molecule has 0 unspecified atom stereocenters. The summed E-state index contributed by atoms with van der Waals surface area (Å²) in [5.74, 6) is 0.882. The van der Waals surface area contributed by atoms with Crippen LogP contribution in [0.25, 0.3) is 0 Å². The van der Waals surface area contributed by atoms with Crippen LogP contribution < -0.4 is 19.1 Å². The molecule has 1 aliphatic heterocycles. The van der Waals surface area contributed by atoms with E-state index in [9.17, 15) is 13.2 Å². The maximum absolute atomic E-state index is 13.6. The Hall–Kier alpha value is -3.17. The van der Waals surface area contributed by atoms with Crippen LogP contribution >= 0.6 is 11.8 Å². The Kier molecular flexibility index (Phi) is 7.57. The zero-order valence-corrected chi connectivity index (χ0v) is 21.5. The van der Waals surface area contributed by atoms with Gasteiger partial charge >= 0.3 is 0 Å². The van der Waals surface area contributed by atoms with Crippen molar-refractivity contribution in [1.82, 2.24) is 5.32 Å². The average molecular weight is 513 g/mol. The molecular formula is C26H28N2O5S2. The Morgan fingerprint density at radius 1 is 1.00 bits per heavy atom. The molecule has 1 amide bonds. The predicted octanol–water partition coefficient (Wildman–Crippen LogP) is 4.56. The molecule has 1 N–H and O–H groups in total. The van der Waals surface area contributed by atoms with Crippen LogP contribution in [0.15, 0.2) is 76.5 Å². The number of carbonyl (C=O) groups is 1. The number of fused-ring (bicyclic) bond motifs is 1. The molecule has 1 heterocycles. The highest BCUT2D eigenvalue weighted by Crippen LogP contribution is 2.32. The quantitative estimate of drug-likeness (QED) is 0.446. The molecule has 0 bridgehead atoms. The summed E-state index contributed by atoms with van der Waals surface area (Å²) in [5, 5.41) is 2.91. The summed E-state index contributed by atoms with van der Waals surface area (Å²) in [5.41, 5.74) is 2.25. The zero-order valence-electron chi connectivity index (χ0n) is 19.9. The lowest BCUT2D eigenvalue weighted by atomic mass is 10.1. The third-order valence-corrected chi connectivity index (χ3v) is 8.23. The number of nitrogens with one attached hydrogen (secondary N) is 1. The van der Waals surface area contributed by atoms with E-state index in [4.69, 9.17) is 9.47 Å². The summed E-state index contributed by atoms with van der Waals surface area (Å²) in [7, 11) is -3.97. The van der Waals surface area contributed by atoms with E-state index in [-0.39, 0.29) is 17.5 Å². The normalized spacial score (nSPS) is 13.7. The van der Waals surface area contributed by atoms with E-state index in [2.05, 4.69) is 5.32 Å². The minimum Gasteiger partial charge on any atom is -0.486 e. The van der Waals surface area contributed by atoms with Gasteiger partial charge in [-0.05, 0) is 74.2 Å². The number of thioether (sulfide) groups is 1. The first-order valence-electron chi connectivity index (χ1n) is 11.2. The number of hydrogen-bond acceptors (Lipinski definition) is 6. The lowest BCUT2D eigenvalue weighted by molar-refractivity contribution is -0.120. The minimum absolute atomic E-state index is 0.128. The van der Waals surface area contributed by atoms with Crippen molar-refractivity contribution in [3.05, 3.63) is 77.9 Å². The third-order valence-electron chi connectivity index (χ3n) is 5.70. The zero-order chi connectivity index (χ0) is 25.0. The van der Waals surface area contributed by atoms with Crippen molar-refractivity contribution in [1.29, 1.82) is 0 Å². The highest BCUT2D eigenvalue weighted by molar-refractivity contribution is 7.98. The third kappa shape index (κ3) is 5.74. The fourth-order valence-corrected chi connectivity index (χ4v) is 5.56. The summed E-state index contributed by atoms with van der Waals surface area (Å²) >= 11 is 1.53. The van der Waals surface area contributed by atoms with E-state index >= 15 is 0 Å². The van der Waals surface area contributed by atoms with Crippen LogP contribution in [0.1, 0.15) is 24.1 Å². The van der Waals surface area contributed by atoms with Crippen molar-refractivity contribution in [3.8, 4) is 11.5 Å². The lowest BCUT2D eigenvalue weighted by Crippen LogP contribution is -2.41.